The second kappa shape index (κ2) is 7.50. The number of hydrogen-bond acceptors (Lipinski definition) is 5. The molecule has 0 saturated carbocycles. The summed E-state index contributed by atoms with van der Waals surface area (Å²) < 4.78 is 1.95. The van der Waals surface area contributed by atoms with Crippen molar-refractivity contribution in [2.24, 2.45) is 13.0 Å². The first kappa shape index (κ1) is 17.2. The average molecular weight is 343 g/mol. The zero-order valence-corrected chi connectivity index (χ0v) is 15.0. The first-order valence-corrected chi connectivity index (χ1v) is 8.61. The van der Waals surface area contributed by atoms with Gasteiger partial charge in [-0.25, -0.2) is 19.7 Å². The topological polar surface area (TPSA) is 79.2 Å². The van der Waals surface area contributed by atoms with Gasteiger partial charge in [-0.2, -0.15) is 0 Å². The molecule has 1 aliphatic heterocycles. The molecule has 8 heteroatoms. The van der Waals surface area contributed by atoms with Gasteiger partial charge in [0.25, 0.3) is 0 Å². The quantitative estimate of drug-likeness (QED) is 0.909. The molecule has 0 radical (unpaired) electrons. The fourth-order valence-electron chi connectivity index (χ4n) is 2.99. The van der Waals surface area contributed by atoms with E-state index in [1.165, 1.54) is 0 Å². The van der Waals surface area contributed by atoms with E-state index in [-0.39, 0.29) is 18.0 Å². The second-order valence-corrected chi connectivity index (χ2v) is 6.59. The summed E-state index contributed by atoms with van der Waals surface area (Å²) >= 11 is 0. The summed E-state index contributed by atoms with van der Waals surface area (Å²) in [6, 6.07) is 1.65. The summed E-state index contributed by atoms with van der Waals surface area (Å²) in [5, 5.41) is 3.14. The van der Waals surface area contributed by atoms with E-state index in [4.69, 9.17) is 0 Å². The van der Waals surface area contributed by atoms with Crippen molar-refractivity contribution in [3.05, 3.63) is 36.7 Å². The Kier molecular flexibility index (Phi) is 5.16. The maximum Gasteiger partial charge on any atom is 0.318 e. The predicted octanol–water partition coefficient (Wildman–Crippen LogP) is 1.44. The molecule has 3 heterocycles. The number of carbonyl (C=O) groups is 1. The Hall–Kier alpha value is -2.64. The zero-order chi connectivity index (χ0) is 17.8. The van der Waals surface area contributed by atoms with Gasteiger partial charge in [0.1, 0.15) is 5.82 Å². The number of nitrogens with zero attached hydrogens (tertiary/aromatic N) is 6. The molecule has 1 N–H and O–H groups in total. The number of aryl methyl sites for hydroxylation is 1. The van der Waals surface area contributed by atoms with Crippen LogP contribution in [-0.4, -0.2) is 56.6 Å². The average Bonchev–Trinajstić information content (AvgIpc) is 3.05. The normalized spacial score (nSPS) is 16.2. The number of urea groups is 1. The molecule has 1 aliphatic rings. The number of imidazole rings is 1. The van der Waals surface area contributed by atoms with Crippen LogP contribution in [0.4, 0.5) is 10.7 Å². The van der Waals surface area contributed by atoms with Crippen LogP contribution < -0.4 is 10.2 Å². The molecular weight excluding hydrogens is 318 g/mol. The SMILES string of the molecule is CC(C)[C@@H](NC(=O)N1CCN(c2ncccn2)CC1)c1nccn1C. The van der Waals surface area contributed by atoms with E-state index in [1.807, 2.05) is 22.7 Å². The zero-order valence-electron chi connectivity index (χ0n) is 15.0. The largest absolute Gasteiger partial charge is 0.337 e. The number of piperazine rings is 1. The highest BCUT2D eigenvalue weighted by Gasteiger charge is 2.27. The molecule has 2 aromatic rings. The van der Waals surface area contributed by atoms with Crippen molar-refractivity contribution in [1.82, 2.24) is 29.7 Å². The monoisotopic (exact) mass is 343 g/mol. The predicted molar refractivity (Wildman–Crippen MR) is 95.1 cm³/mol. The number of aromatic nitrogens is 4. The van der Waals surface area contributed by atoms with Gasteiger partial charge in [0, 0.05) is 58.0 Å². The van der Waals surface area contributed by atoms with Gasteiger partial charge in [0.05, 0.1) is 6.04 Å². The Bertz CT molecular complexity index is 692. The fraction of sp³-hybridized carbons (Fsp3) is 0.529. The number of rotatable bonds is 4. The lowest BCUT2D eigenvalue weighted by atomic mass is 10.0. The third-order valence-electron chi connectivity index (χ3n) is 4.48. The summed E-state index contributed by atoms with van der Waals surface area (Å²) in [5.41, 5.74) is 0. The van der Waals surface area contributed by atoms with Crippen LogP contribution in [0.15, 0.2) is 30.9 Å². The fourth-order valence-corrected chi connectivity index (χ4v) is 2.99. The highest BCUT2D eigenvalue weighted by molar-refractivity contribution is 5.75. The van der Waals surface area contributed by atoms with Crippen LogP contribution in [0.5, 0.6) is 0 Å². The molecular formula is C17H25N7O. The van der Waals surface area contributed by atoms with Gasteiger partial charge in [-0.1, -0.05) is 13.8 Å². The van der Waals surface area contributed by atoms with Gasteiger partial charge in [-0.15, -0.1) is 0 Å². The molecule has 0 spiro atoms. The third kappa shape index (κ3) is 3.89. The molecule has 1 atom stereocenters. The molecule has 0 unspecified atom stereocenters. The molecule has 0 bridgehead atoms. The summed E-state index contributed by atoms with van der Waals surface area (Å²) in [4.78, 5) is 29.6. The van der Waals surface area contributed by atoms with Crippen LogP contribution in [0.3, 0.4) is 0 Å². The summed E-state index contributed by atoms with van der Waals surface area (Å²) in [5.74, 6) is 1.85. The van der Waals surface area contributed by atoms with E-state index in [2.05, 4.69) is 39.0 Å². The number of carbonyl (C=O) groups excluding carboxylic acids is 1. The Labute approximate surface area is 147 Å². The Morgan fingerprint density at radius 2 is 1.76 bits per heavy atom. The molecule has 25 heavy (non-hydrogen) atoms. The van der Waals surface area contributed by atoms with E-state index in [0.717, 1.165) is 24.9 Å². The molecule has 1 saturated heterocycles. The van der Waals surface area contributed by atoms with Gasteiger partial charge >= 0.3 is 6.03 Å². The number of hydrogen-bond donors (Lipinski definition) is 1. The lowest BCUT2D eigenvalue weighted by Gasteiger charge is -2.35. The first-order valence-electron chi connectivity index (χ1n) is 8.61. The van der Waals surface area contributed by atoms with Gasteiger partial charge < -0.3 is 19.7 Å². The highest BCUT2D eigenvalue weighted by Crippen LogP contribution is 2.20. The number of amides is 2. The van der Waals surface area contributed by atoms with E-state index < -0.39 is 0 Å². The van der Waals surface area contributed by atoms with Crippen molar-refractivity contribution in [2.75, 3.05) is 31.1 Å². The Balaban J connectivity index is 1.59. The summed E-state index contributed by atoms with van der Waals surface area (Å²) in [6.45, 7) is 6.93. The van der Waals surface area contributed by atoms with Gasteiger partial charge in [0.2, 0.25) is 5.95 Å². The van der Waals surface area contributed by atoms with Crippen molar-refractivity contribution in [3.63, 3.8) is 0 Å². The highest BCUT2D eigenvalue weighted by atomic mass is 16.2. The van der Waals surface area contributed by atoms with Crippen molar-refractivity contribution in [3.8, 4) is 0 Å². The molecule has 1 fully saturated rings. The lowest BCUT2D eigenvalue weighted by molar-refractivity contribution is 0.185. The Morgan fingerprint density at radius 1 is 1.08 bits per heavy atom. The molecule has 0 aliphatic carbocycles. The molecule has 0 aromatic carbocycles. The molecule has 8 nitrogen and oxygen atoms in total. The number of nitrogens with one attached hydrogen (secondary N) is 1. The number of anilines is 1. The molecule has 2 aromatic heterocycles. The smallest absolute Gasteiger partial charge is 0.318 e. The van der Waals surface area contributed by atoms with Crippen molar-refractivity contribution >= 4 is 12.0 Å². The molecule has 2 amide bonds. The minimum absolute atomic E-state index is 0.0460. The van der Waals surface area contributed by atoms with E-state index >= 15 is 0 Å². The standard InChI is InChI=1S/C17H25N7O/c1-13(2)14(15-18-7-8-22(15)3)21-17(25)24-11-9-23(10-12-24)16-19-5-4-6-20-16/h4-8,13-14H,9-12H2,1-3H3,(H,21,25)/t14-/m1/s1. The lowest BCUT2D eigenvalue weighted by Crippen LogP contribution is -2.53. The summed E-state index contributed by atoms with van der Waals surface area (Å²) in [6.07, 6.45) is 7.13. The van der Waals surface area contributed by atoms with Crippen LogP contribution >= 0.6 is 0 Å². The van der Waals surface area contributed by atoms with Gasteiger partial charge in [0.15, 0.2) is 0 Å². The van der Waals surface area contributed by atoms with Crippen LogP contribution in [0.1, 0.15) is 25.7 Å². The van der Waals surface area contributed by atoms with Crippen LogP contribution in [0.25, 0.3) is 0 Å². The van der Waals surface area contributed by atoms with Crippen molar-refractivity contribution in [1.29, 1.82) is 0 Å². The maximum atomic E-state index is 12.7. The van der Waals surface area contributed by atoms with Crippen molar-refractivity contribution < 1.29 is 4.79 Å². The second-order valence-electron chi connectivity index (χ2n) is 6.59. The van der Waals surface area contributed by atoms with Gasteiger partial charge in [-0.3, -0.25) is 0 Å². The summed E-state index contributed by atoms with van der Waals surface area (Å²) in [7, 11) is 1.95. The van der Waals surface area contributed by atoms with Crippen LogP contribution in [0, 0.1) is 5.92 Å². The first-order chi connectivity index (χ1) is 12.1. The molecule has 134 valence electrons. The van der Waals surface area contributed by atoms with E-state index in [0.29, 0.717) is 13.1 Å². The Morgan fingerprint density at radius 3 is 2.32 bits per heavy atom. The van der Waals surface area contributed by atoms with Crippen molar-refractivity contribution in [2.45, 2.75) is 19.9 Å². The maximum absolute atomic E-state index is 12.7. The van der Waals surface area contributed by atoms with Gasteiger partial charge in [-0.05, 0) is 12.0 Å². The van der Waals surface area contributed by atoms with E-state index in [1.54, 1.807) is 24.7 Å². The molecule has 3 rings (SSSR count). The van der Waals surface area contributed by atoms with Crippen LogP contribution in [-0.2, 0) is 7.05 Å². The minimum atomic E-state index is -0.108. The van der Waals surface area contributed by atoms with E-state index in [9.17, 15) is 4.79 Å². The minimum Gasteiger partial charge on any atom is -0.337 e. The van der Waals surface area contributed by atoms with Crippen LogP contribution in [0.2, 0.25) is 0 Å². The third-order valence-corrected chi connectivity index (χ3v) is 4.48.